The number of amides is 1. The van der Waals surface area contributed by atoms with Crippen LogP contribution in [0.2, 0.25) is 0 Å². The SMILES string of the molecule is C=CCNCCN(C)CC(Oc1ccc2c(c1)CCN(C(=O)OC(C)(C)C)C2)c1ccc(C)c(F)c1. The van der Waals surface area contributed by atoms with Crippen LogP contribution in [-0.2, 0) is 17.7 Å². The van der Waals surface area contributed by atoms with Gasteiger partial charge in [0.25, 0.3) is 0 Å². The summed E-state index contributed by atoms with van der Waals surface area (Å²) in [5, 5.41) is 3.31. The first-order valence-electron chi connectivity index (χ1n) is 12.6. The Kier molecular flexibility index (Phi) is 9.51. The molecular formula is C29H40FN3O3. The predicted octanol–water partition coefficient (Wildman–Crippen LogP) is 5.25. The maximum Gasteiger partial charge on any atom is 0.410 e. The number of nitrogens with one attached hydrogen (secondary N) is 1. The summed E-state index contributed by atoms with van der Waals surface area (Å²) < 4.78 is 26.4. The van der Waals surface area contributed by atoms with Gasteiger partial charge in [0.1, 0.15) is 23.3 Å². The number of halogens is 1. The molecule has 1 aliphatic rings. The van der Waals surface area contributed by atoms with Gasteiger partial charge in [-0.15, -0.1) is 6.58 Å². The smallest absolute Gasteiger partial charge is 0.410 e. The number of rotatable bonds is 10. The molecule has 196 valence electrons. The first-order chi connectivity index (χ1) is 17.1. The van der Waals surface area contributed by atoms with E-state index in [0.717, 1.165) is 48.5 Å². The lowest BCUT2D eigenvalue weighted by atomic mass is 9.99. The second-order valence-electron chi connectivity index (χ2n) is 10.5. The summed E-state index contributed by atoms with van der Waals surface area (Å²) >= 11 is 0. The summed E-state index contributed by atoms with van der Waals surface area (Å²) in [5.74, 6) is 0.507. The lowest BCUT2D eigenvalue weighted by molar-refractivity contribution is 0.0224. The van der Waals surface area contributed by atoms with Gasteiger partial charge in [0.15, 0.2) is 0 Å². The summed E-state index contributed by atoms with van der Waals surface area (Å²) in [7, 11) is 2.04. The minimum Gasteiger partial charge on any atom is -0.484 e. The molecule has 1 N–H and O–H groups in total. The Morgan fingerprint density at radius 3 is 2.72 bits per heavy atom. The molecule has 1 atom stereocenters. The van der Waals surface area contributed by atoms with E-state index in [1.807, 2.05) is 58.2 Å². The maximum absolute atomic E-state index is 14.4. The second-order valence-corrected chi connectivity index (χ2v) is 10.5. The lowest BCUT2D eigenvalue weighted by Gasteiger charge is -2.31. The van der Waals surface area contributed by atoms with Crippen LogP contribution >= 0.6 is 0 Å². The highest BCUT2D eigenvalue weighted by Crippen LogP contribution is 2.29. The van der Waals surface area contributed by atoms with Crippen molar-refractivity contribution in [2.45, 2.75) is 52.4 Å². The first kappa shape index (κ1) is 27.7. The number of hydrogen-bond acceptors (Lipinski definition) is 5. The van der Waals surface area contributed by atoms with Gasteiger partial charge < -0.3 is 24.6 Å². The van der Waals surface area contributed by atoms with E-state index in [0.29, 0.717) is 25.2 Å². The van der Waals surface area contributed by atoms with Crippen molar-refractivity contribution in [2.75, 3.05) is 39.8 Å². The number of carbonyl (C=O) groups is 1. The highest BCUT2D eigenvalue weighted by molar-refractivity contribution is 5.68. The van der Waals surface area contributed by atoms with Crippen molar-refractivity contribution in [3.05, 3.63) is 77.1 Å². The summed E-state index contributed by atoms with van der Waals surface area (Å²) in [6, 6.07) is 11.3. The minimum absolute atomic E-state index is 0.232. The number of fused-ring (bicyclic) bond motifs is 1. The van der Waals surface area contributed by atoms with E-state index in [4.69, 9.17) is 9.47 Å². The number of ether oxygens (including phenoxy) is 2. The van der Waals surface area contributed by atoms with Crippen LogP contribution in [0.3, 0.4) is 0 Å². The summed E-state index contributed by atoms with van der Waals surface area (Å²) in [6.45, 7) is 15.2. The van der Waals surface area contributed by atoms with Crippen LogP contribution in [0.1, 0.15) is 49.1 Å². The molecule has 1 amide bonds. The van der Waals surface area contributed by atoms with Crippen molar-refractivity contribution < 1.29 is 18.7 Å². The molecule has 3 rings (SSSR count). The fourth-order valence-corrected chi connectivity index (χ4v) is 4.12. The molecule has 0 aromatic heterocycles. The Balaban J connectivity index is 1.72. The highest BCUT2D eigenvalue weighted by atomic mass is 19.1. The van der Waals surface area contributed by atoms with Gasteiger partial charge in [0.05, 0.1) is 0 Å². The Morgan fingerprint density at radius 1 is 1.25 bits per heavy atom. The van der Waals surface area contributed by atoms with Crippen molar-refractivity contribution in [3.8, 4) is 5.75 Å². The number of likely N-dealkylation sites (N-methyl/N-ethyl adjacent to an activating group) is 1. The second kappa shape index (κ2) is 12.4. The Bertz CT molecular complexity index is 1050. The quantitative estimate of drug-likeness (QED) is 0.359. The lowest BCUT2D eigenvalue weighted by Crippen LogP contribution is -2.39. The molecule has 0 aliphatic carbocycles. The van der Waals surface area contributed by atoms with Crippen LogP contribution in [0.15, 0.2) is 49.1 Å². The Hall–Kier alpha value is -2.90. The van der Waals surface area contributed by atoms with Gasteiger partial charge in [0, 0.05) is 39.3 Å². The minimum atomic E-state index is -0.519. The van der Waals surface area contributed by atoms with Gasteiger partial charge in [-0.05, 0) is 81.6 Å². The molecule has 7 heteroatoms. The van der Waals surface area contributed by atoms with E-state index < -0.39 is 5.60 Å². The molecule has 0 spiro atoms. The van der Waals surface area contributed by atoms with Gasteiger partial charge in [-0.25, -0.2) is 9.18 Å². The zero-order valence-electron chi connectivity index (χ0n) is 22.3. The van der Waals surface area contributed by atoms with Crippen LogP contribution in [0, 0.1) is 12.7 Å². The molecule has 1 unspecified atom stereocenters. The van der Waals surface area contributed by atoms with Gasteiger partial charge >= 0.3 is 6.09 Å². The molecule has 36 heavy (non-hydrogen) atoms. The molecule has 0 fully saturated rings. The number of hydrogen-bond donors (Lipinski definition) is 1. The third-order valence-electron chi connectivity index (χ3n) is 6.12. The number of nitrogens with zero attached hydrogens (tertiary/aromatic N) is 2. The molecule has 0 bridgehead atoms. The monoisotopic (exact) mass is 497 g/mol. The Morgan fingerprint density at radius 2 is 2.03 bits per heavy atom. The normalized spacial score (nSPS) is 14.4. The van der Waals surface area contributed by atoms with Crippen molar-refractivity contribution >= 4 is 6.09 Å². The van der Waals surface area contributed by atoms with Gasteiger partial charge in [-0.2, -0.15) is 0 Å². The van der Waals surface area contributed by atoms with E-state index in [9.17, 15) is 9.18 Å². The number of benzene rings is 2. The van der Waals surface area contributed by atoms with E-state index in [1.165, 1.54) is 0 Å². The molecule has 0 saturated carbocycles. The molecule has 1 heterocycles. The average molecular weight is 498 g/mol. The molecule has 2 aromatic rings. The highest BCUT2D eigenvalue weighted by Gasteiger charge is 2.26. The fraction of sp³-hybridized carbons (Fsp3) is 0.483. The van der Waals surface area contributed by atoms with Gasteiger partial charge in [-0.1, -0.05) is 24.3 Å². The predicted molar refractivity (Wildman–Crippen MR) is 142 cm³/mol. The molecule has 2 aromatic carbocycles. The fourth-order valence-electron chi connectivity index (χ4n) is 4.12. The van der Waals surface area contributed by atoms with Crippen molar-refractivity contribution in [1.82, 2.24) is 15.1 Å². The van der Waals surface area contributed by atoms with Crippen LogP contribution in [-0.4, -0.2) is 61.3 Å². The number of aryl methyl sites for hydroxylation is 1. The topological polar surface area (TPSA) is 54.0 Å². The summed E-state index contributed by atoms with van der Waals surface area (Å²) in [6.07, 6.45) is 1.94. The molecule has 1 aliphatic heterocycles. The zero-order chi connectivity index (χ0) is 26.3. The standard InChI is InChI=1S/C29H40FN3O3/c1-7-13-31-14-16-32(6)20-27(23-9-8-21(2)26(30)18-23)35-25-11-10-24-19-33(15-12-22(24)17-25)28(34)36-29(3,4)5/h7-11,17-18,27,31H,1,12-16,19-20H2,2-6H3. The van der Waals surface area contributed by atoms with Crippen LogP contribution in [0.4, 0.5) is 9.18 Å². The van der Waals surface area contributed by atoms with Crippen molar-refractivity contribution in [3.63, 3.8) is 0 Å². The molecule has 0 saturated heterocycles. The van der Waals surface area contributed by atoms with Gasteiger partial charge in [-0.3, -0.25) is 0 Å². The van der Waals surface area contributed by atoms with Crippen LogP contribution in [0.25, 0.3) is 0 Å². The first-order valence-corrected chi connectivity index (χ1v) is 12.6. The van der Waals surface area contributed by atoms with E-state index >= 15 is 0 Å². The van der Waals surface area contributed by atoms with E-state index in [-0.39, 0.29) is 18.0 Å². The summed E-state index contributed by atoms with van der Waals surface area (Å²) in [4.78, 5) is 16.4. The van der Waals surface area contributed by atoms with E-state index in [2.05, 4.69) is 16.8 Å². The number of carbonyl (C=O) groups excluding carboxylic acids is 1. The molecule has 6 nitrogen and oxygen atoms in total. The van der Waals surface area contributed by atoms with E-state index in [1.54, 1.807) is 24.0 Å². The van der Waals surface area contributed by atoms with Gasteiger partial charge in [0.2, 0.25) is 0 Å². The maximum atomic E-state index is 14.4. The Labute approximate surface area is 215 Å². The zero-order valence-corrected chi connectivity index (χ0v) is 22.3. The van der Waals surface area contributed by atoms with Crippen LogP contribution in [0.5, 0.6) is 5.75 Å². The van der Waals surface area contributed by atoms with Crippen molar-refractivity contribution in [1.29, 1.82) is 0 Å². The largest absolute Gasteiger partial charge is 0.484 e. The average Bonchev–Trinajstić information content (AvgIpc) is 2.81. The third-order valence-corrected chi connectivity index (χ3v) is 6.12. The third kappa shape index (κ3) is 8.07. The van der Waals surface area contributed by atoms with Crippen LogP contribution < -0.4 is 10.1 Å². The molecular weight excluding hydrogens is 457 g/mol. The van der Waals surface area contributed by atoms with Crippen molar-refractivity contribution in [2.24, 2.45) is 0 Å². The molecule has 0 radical (unpaired) electrons. The summed E-state index contributed by atoms with van der Waals surface area (Å²) in [5.41, 5.74) is 3.14.